The van der Waals surface area contributed by atoms with Gasteiger partial charge in [0.15, 0.2) is 0 Å². The predicted octanol–water partition coefficient (Wildman–Crippen LogP) is 5.43. The fourth-order valence-corrected chi connectivity index (χ4v) is 5.78. The molecule has 0 aliphatic carbocycles. The SMILES string of the molecule is CCC(C(=O)NCC(C)C)N(Cc1ccc(OC)cc1)C(=O)CN(c1ccc(Cl)cc1)S(=O)(=O)c1ccc(C)cc1. The third-order valence-electron chi connectivity index (χ3n) is 6.58. The second kappa shape index (κ2) is 14.4. The summed E-state index contributed by atoms with van der Waals surface area (Å²) in [5.41, 5.74) is 1.96. The Morgan fingerprint density at radius 1 is 0.951 bits per heavy atom. The van der Waals surface area contributed by atoms with Gasteiger partial charge < -0.3 is 15.0 Å². The molecule has 2 amide bonds. The van der Waals surface area contributed by atoms with E-state index in [9.17, 15) is 18.0 Å². The predicted molar refractivity (Wildman–Crippen MR) is 163 cm³/mol. The molecule has 220 valence electrons. The minimum atomic E-state index is -4.14. The van der Waals surface area contributed by atoms with Crippen molar-refractivity contribution in [3.63, 3.8) is 0 Å². The van der Waals surface area contributed by atoms with Crippen molar-refractivity contribution in [2.75, 3.05) is 24.5 Å². The van der Waals surface area contributed by atoms with Gasteiger partial charge in [-0.15, -0.1) is 0 Å². The van der Waals surface area contributed by atoms with Crippen LogP contribution in [-0.4, -0.2) is 51.4 Å². The van der Waals surface area contributed by atoms with Crippen LogP contribution in [0.15, 0.2) is 77.7 Å². The maximum Gasteiger partial charge on any atom is 0.264 e. The monoisotopic (exact) mass is 599 g/mol. The molecule has 0 aliphatic heterocycles. The average Bonchev–Trinajstić information content (AvgIpc) is 2.95. The minimum absolute atomic E-state index is 0.0503. The molecule has 1 N–H and O–H groups in total. The second-order valence-electron chi connectivity index (χ2n) is 10.2. The fraction of sp³-hybridized carbons (Fsp3) is 0.355. The first-order valence-corrected chi connectivity index (χ1v) is 15.3. The van der Waals surface area contributed by atoms with Crippen molar-refractivity contribution in [1.82, 2.24) is 10.2 Å². The van der Waals surface area contributed by atoms with Crippen LogP contribution < -0.4 is 14.4 Å². The number of ether oxygens (including phenoxy) is 1. The Hall–Kier alpha value is -3.56. The number of aryl methyl sites for hydroxylation is 1. The first kappa shape index (κ1) is 32.0. The van der Waals surface area contributed by atoms with Gasteiger partial charge in [0.2, 0.25) is 11.8 Å². The molecule has 10 heteroatoms. The summed E-state index contributed by atoms with van der Waals surface area (Å²) in [4.78, 5) is 28.9. The molecule has 1 unspecified atom stereocenters. The molecule has 3 aromatic carbocycles. The van der Waals surface area contributed by atoms with Gasteiger partial charge in [-0.05, 0) is 73.4 Å². The molecular weight excluding hydrogens is 562 g/mol. The number of amides is 2. The first-order valence-electron chi connectivity index (χ1n) is 13.5. The molecule has 8 nitrogen and oxygen atoms in total. The van der Waals surface area contributed by atoms with Crippen LogP contribution in [0.4, 0.5) is 5.69 Å². The third-order valence-corrected chi connectivity index (χ3v) is 8.62. The number of methoxy groups -OCH3 is 1. The highest BCUT2D eigenvalue weighted by atomic mass is 35.5. The molecule has 0 aliphatic rings. The third kappa shape index (κ3) is 8.47. The fourth-order valence-electron chi connectivity index (χ4n) is 4.24. The van der Waals surface area contributed by atoms with E-state index in [0.29, 0.717) is 23.7 Å². The van der Waals surface area contributed by atoms with Crippen molar-refractivity contribution in [1.29, 1.82) is 0 Å². The zero-order valence-corrected chi connectivity index (χ0v) is 25.7. The number of sulfonamides is 1. The molecule has 41 heavy (non-hydrogen) atoms. The standard InChI is InChI=1S/C31H38ClN3O5S/c1-6-29(31(37)33-19-22(2)3)34(20-24-9-15-27(40-5)16-10-24)30(36)21-35(26-13-11-25(32)12-14-26)41(38,39)28-17-7-23(4)8-18-28/h7-18,22,29H,6,19-21H2,1-5H3,(H,33,37). The van der Waals surface area contributed by atoms with Crippen LogP contribution in [0.1, 0.15) is 38.3 Å². The van der Waals surface area contributed by atoms with Gasteiger partial charge >= 0.3 is 0 Å². The summed E-state index contributed by atoms with van der Waals surface area (Å²) in [5, 5.41) is 3.36. The maximum absolute atomic E-state index is 14.1. The summed E-state index contributed by atoms with van der Waals surface area (Å²) < 4.78 is 34.1. The van der Waals surface area contributed by atoms with Gasteiger partial charge in [0.05, 0.1) is 17.7 Å². The van der Waals surface area contributed by atoms with E-state index in [0.717, 1.165) is 15.4 Å². The van der Waals surface area contributed by atoms with Gasteiger partial charge in [0, 0.05) is 18.1 Å². The molecule has 0 saturated carbocycles. The molecule has 3 rings (SSSR count). The number of nitrogens with zero attached hydrogens (tertiary/aromatic N) is 2. The summed E-state index contributed by atoms with van der Waals surface area (Å²) in [6.07, 6.45) is 0.345. The van der Waals surface area contributed by atoms with Gasteiger partial charge in [0.25, 0.3) is 10.0 Å². The Balaban J connectivity index is 2.03. The van der Waals surface area contributed by atoms with Crippen LogP contribution in [0.25, 0.3) is 0 Å². The summed E-state index contributed by atoms with van der Waals surface area (Å²) in [6.45, 7) is 7.72. The number of rotatable bonds is 13. The first-order chi connectivity index (χ1) is 19.5. The zero-order chi connectivity index (χ0) is 30.2. The Kier molecular flexibility index (Phi) is 11.2. The molecule has 0 bridgehead atoms. The lowest BCUT2D eigenvalue weighted by atomic mass is 10.1. The minimum Gasteiger partial charge on any atom is -0.497 e. The van der Waals surface area contributed by atoms with E-state index < -0.39 is 28.5 Å². The normalized spacial score (nSPS) is 12.1. The summed E-state index contributed by atoms with van der Waals surface area (Å²) in [6, 6.07) is 19.1. The van der Waals surface area contributed by atoms with Crippen molar-refractivity contribution in [3.8, 4) is 5.75 Å². The van der Waals surface area contributed by atoms with Crippen LogP contribution in [0.2, 0.25) is 5.02 Å². The lowest BCUT2D eigenvalue weighted by Gasteiger charge is -2.33. The van der Waals surface area contributed by atoms with Crippen LogP contribution in [0, 0.1) is 12.8 Å². The number of nitrogens with one attached hydrogen (secondary N) is 1. The highest BCUT2D eigenvalue weighted by molar-refractivity contribution is 7.92. The van der Waals surface area contributed by atoms with E-state index in [2.05, 4.69) is 5.32 Å². The number of halogens is 1. The Morgan fingerprint density at radius 2 is 1.56 bits per heavy atom. The second-order valence-corrected chi connectivity index (χ2v) is 12.5. The molecule has 0 radical (unpaired) electrons. The van der Waals surface area contributed by atoms with Gasteiger partial charge in [-0.3, -0.25) is 13.9 Å². The Morgan fingerprint density at radius 3 is 2.10 bits per heavy atom. The van der Waals surface area contributed by atoms with Gasteiger partial charge in [-0.2, -0.15) is 0 Å². The molecule has 0 fully saturated rings. The molecule has 0 heterocycles. The quantitative estimate of drug-likeness (QED) is 0.283. The molecule has 1 atom stereocenters. The maximum atomic E-state index is 14.1. The molecule has 0 saturated heterocycles. The zero-order valence-electron chi connectivity index (χ0n) is 24.1. The van der Waals surface area contributed by atoms with E-state index in [1.165, 1.54) is 17.0 Å². The molecular formula is C31H38ClN3O5S. The van der Waals surface area contributed by atoms with Crippen molar-refractivity contribution < 1.29 is 22.7 Å². The van der Waals surface area contributed by atoms with E-state index in [-0.39, 0.29) is 29.0 Å². The van der Waals surface area contributed by atoms with Gasteiger partial charge in [0.1, 0.15) is 18.3 Å². The molecule has 0 aromatic heterocycles. The van der Waals surface area contributed by atoms with Gasteiger partial charge in [-0.25, -0.2) is 8.42 Å². The number of anilines is 1. The summed E-state index contributed by atoms with van der Waals surface area (Å²) >= 11 is 6.08. The highest BCUT2D eigenvalue weighted by Gasteiger charge is 2.33. The lowest BCUT2D eigenvalue weighted by molar-refractivity contribution is -0.140. The number of carbonyl (C=O) groups is 2. The molecule has 3 aromatic rings. The van der Waals surface area contributed by atoms with Crippen molar-refractivity contribution in [2.24, 2.45) is 5.92 Å². The Labute approximate surface area is 248 Å². The van der Waals surface area contributed by atoms with Crippen molar-refractivity contribution >= 4 is 39.1 Å². The number of benzene rings is 3. The summed E-state index contributed by atoms with van der Waals surface area (Å²) in [7, 11) is -2.58. The lowest BCUT2D eigenvalue weighted by Crippen LogP contribution is -2.52. The van der Waals surface area contributed by atoms with E-state index >= 15 is 0 Å². The Bertz CT molecular complexity index is 1410. The van der Waals surface area contributed by atoms with Crippen LogP contribution >= 0.6 is 11.6 Å². The smallest absolute Gasteiger partial charge is 0.264 e. The van der Waals surface area contributed by atoms with Crippen molar-refractivity contribution in [2.45, 2.75) is 51.6 Å². The van der Waals surface area contributed by atoms with E-state index in [1.54, 1.807) is 55.6 Å². The topological polar surface area (TPSA) is 96.0 Å². The number of hydrogen-bond acceptors (Lipinski definition) is 5. The van der Waals surface area contributed by atoms with Gasteiger partial charge in [-0.1, -0.05) is 62.2 Å². The van der Waals surface area contributed by atoms with Crippen molar-refractivity contribution in [3.05, 3.63) is 88.9 Å². The number of hydrogen-bond donors (Lipinski definition) is 1. The van der Waals surface area contributed by atoms with E-state index in [1.807, 2.05) is 39.8 Å². The molecule has 0 spiro atoms. The average molecular weight is 600 g/mol. The van der Waals surface area contributed by atoms with Crippen LogP contribution in [0.3, 0.4) is 0 Å². The highest BCUT2D eigenvalue weighted by Crippen LogP contribution is 2.26. The van der Waals surface area contributed by atoms with E-state index in [4.69, 9.17) is 16.3 Å². The largest absolute Gasteiger partial charge is 0.497 e. The van der Waals surface area contributed by atoms with Crippen LogP contribution in [-0.2, 0) is 26.2 Å². The number of carbonyl (C=O) groups excluding carboxylic acids is 2. The van der Waals surface area contributed by atoms with Crippen LogP contribution in [0.5, 0.6) is 5.75 Å². The summed E-state index contributed by atoms with van der Waals surface area (Å²) in [5.74, 6) is 0.0780.